The average Bonchev–Trinajstić information content (AvgIpc) is 3.02. The Kier molecular flexibility index (Phi) is 9.28. The molecular formula is C32H30F5N7O3. The number of carbonyl (C=O) groups is 2. The summed E-state index contributed by atoms with van der Waals surface area (Å²) in [5.41, 5.74) is 0.360. The van der Waals surface area contributed by atoms with Crippen molar-refractivity contribution in [2.24, 2.45) is 0 Å². The highest BCUT2D eigenvalue weighted by Crippen LogP contribution is 2.41. The maximum absolute atomic E-state index is 15.0. The van der Waals surface area contributed by atoms with E-state index in [-0.39, 0.29) is 46.5 Å². The maximum atomic E-state index is 15.0. The van der Waals surface area contributed by atoms with Gasteiger partial charge in [-0.15, -0.1) is 0 Å². The molecule has 3 amide bonds. The van der Waals surface area contributed by atoms with Crippen molar-refractivity contribution in [2.45, 2.75) is 19.6 Å². The molecule has 10 nitrogen and oxygen atoms in total. The van der Waals surface area contributed by atoms with Gasteiger partial charge in [0.25, 0.3) is 0 Å². The first-order valence-electron chi connectivity index (χ1n) is 14.3. The predicted octanol–water partition coefficient (Wildman–Crippen LogP) is 6.30. The monoisotopic (exact) mass is 655 g/mol. The number of halogens is 5. The second kappa shape index (κ2) is 13.2. The quantitative estimate of drug-likeness (QED) is 0.204. The van der Waals surface area contributed by atoms with Crippen molar-refractivity contribution in [1.29, 1.82) is 0 Å². The molecule has 1 aliphatic heterocycles. The van der Waals surface area contributed by atoms with Gasteiger partial charge in [0.2, 0.25) is 5.95 Å². The van der Waals surface area contributed by atoms with E-state index in [0.29, 0.717) is 29.3 Å². The van der Waals surface area contributed by atoms with Crippen molar-refractivity contribution >= 4 is 40.8 Å². The van der Waals surface area contributed by atoms with E-state index in [1.54, 1.807) is 6.92 Å². The lowest BCUT2D eigenvalue weighted by Crippen LogP contribution is -2.43. The molecule has 2 N–H and O–H groups in total. The van der Waals surface area contributed by atoms with Crippen molar-refractivity contribution in [3.8, 4) is 17.0 Å². The Labute approximate surface area is 266 Å². The van der Waals surface area contributed by atoms with Gasteiger partial charge in [-0.25, -0.2) is 23.5 Å². The van der Waals surface area contributed by atoms with Crippen molar-refractivity contribution in [1.82, 2.24) is 20.2 Å². The van der Waals surface area contributed by atoms with Gasteiger partial charge < -0.3 is 20.3 Å². The van der Waals surface area contributed by atoms with E-state index in [2.05, 4.69) is 20.6 Å². The summed E-state index contributed by atoms with van der Waals surface area (Å²) in [5.74, 6) is -3.93. The number of nitrogens with zero attached hydrogens (tertiary/aromatic N) is 5. The molecule has 0 aliphatic carbocycles. The van der Waals surface area contributed by atoms with Crippen molar-refractivity contribution < 1.29 is 36.3 Å². The molecule has 1 aromatic heterocycles. The largest absolute Gasteiger partial charge is 0.497 e. The number of methoxy groups -OCH3 is 1. The topological polar surface area (TPSA) is 103 Å². The van der Waals surface area contributed by atoms with Crippen LogP contribution in [0.2, 0.25) is 0 Å². The molecule has 47 heavy (non-hydrogen) atoms. The Morgan fingerprint density at radius 3 is 2.30 bits per heavy atom. The summed E-state index contributed by atoms with van der Waals surface area (Å²) in [6, 6.07) is 12.0. The molecule has 5 rings (SSSR count). The molecule has 0 unspecified atom stereocenters. The normalized spacial score (nSPS) is 12.9. The molecule has 0 fully saturated rings. The molecule has 1 aliphatic rings. The van der Waals surface area contributed by atoms with E-state index in [0.717, 1.165) is 23.1 Å². The van der Waals surface area contributed by atoms with Crippen LogP contribution in [0.5, 0.6) is 5.75 Å². The molecular weight excluding hydrogens is 625 g/mol. The molecule has 246 valence electrons. The van der Waals surface area contributed by atoms with Crippen LogP contribution in [0.1, 0.15) is 11.1 Å². The van der Waals surface area contributed by atoms with Gasteiger partial charge in [0.1, 0.15) is 23.1 Å². The number of aromatic nitrogens is 2. The zero-order valence-corrected chi connectivity index (χ0v) is 25.7. The Morgan fingerprint density at radius 2 is 1.68 bits per heavy atom. The summed E-state index contributed by atoms with van der Waals surface area (Å²) in [5, 5.41) is 5.63. The van der Waals surface area contributed by atoms with Crippen LogP contribution >= 0.6 is 0 Å². The summed E-state index contributed by atoms with van der Waals surface area (Å²) < 4.78 is 77.0. The number of alkyl halides is 3. The minimum absolute atomic E-state index is 0.000212. The Hall–Kier alpha value is -5.31. The molecule has 0 bridgehead atoms. The third-order valence-electron chi connectivity index (χ3n) is 7.33. The van der Waals surface area contributed by atoms with E-state index < -0.39 is 35.4 Å². The highest BCUT2D eigenvalue weighted by molar-refractivity contribution is 6.05. The molecule has 0 radical (unpaired) electrons. The number of para-hydroxylation sites is 1. The van der Waals surface area contributed by atoms with Crippen LogP contribution in [0.25, 0.3) is 11.3 Å². The number of fused-ring (bicyclic) bond motifs is 1. The zero-order chi connectivity index (χ0) is 34.0. The summed E-state index contributed by atoms with van der Waals surface area (Å²) >= 11 is 0. The van der Waals surface area contributed by atoms with Crippen LogP contribution in [0.4, 0.5) is 55.6 Å². The van der Waals surface area contributed by atoms with E-state index in [9.17, 15) is 22.8 Å². The molecule has 0 atom stereocenters. The summed E-state index contributed by atoms with van der Waals surface area (Å²) in [7, 11) is 5.09. The minimum atomic E-state index is -5.23. The summed E-state index contributed by atoms with van der Waals surface area (Å²) in [6.07, 6.45) is -5.23. The number of hydrogen-bond acceptors (Lipinski definition) is 7. The average molecular weight is 656 g/mol. The third-order valence-corrected chi connectivity index (χ3v) is 7.33. The molecule has 0 saturated carbocycles. The Balaban J connectivity index is 1.72. The van der Waals surface area contributed by atoms with E-state index in [4.69, 9.17) is 4.74 Å². The second-order valence-corrected chi connectivity index (χ2v) is 10.8. The lowest BCUT2D eigenvalue weighted by molar-refractivity contribution is -0.169. The lowest BCUT2D eigenvalue weighted by atomic mass is 9.98. The number of anilines is 5. The zero-order valence-electron chi connectivity index (χ0n) is 25.7. The number of benzene rings is 3. The van der Waals surface area contributed by atoms with Gasteiger partial charge in [0, 0.05) is 35.6 Å². The fourth-order valence-electron chi connectivity index (χ4n) is 5.01. The molecule has 15 heteroatoms. The van der Waals surface area contributed by atoms with Crippen molar-refractivity contribution in [3.05, 3.63) is 83.4 Å². The number of rotatable bonds is 9. The number of likely N-dealkylation sites (N-methyl/N-ethyl adjacent to an activating group) is 1. The van der Waals surface area contributed by atoms with Crippen LogP contribution in [0.3, 0.4) is 0 Å². The van der Waals surface area contributed by atoms with E-state index >= 15 is 8.78 Å². The number of aryl methyl sites for hydroxylation is 1. The van der Waals surface area contributed by atoms with Gasteiger partial charge in [-0.3, -0.25) is 9.69 Å². The number of nitrogens with one attached hydrogen (secondary N) is 2. The van der Waals surface area contributed by atoms with Crippen molar-refractivity contribution in [2.75, 3.05) is 49.4 Å². The fourth-order valence-corrected chi connectivity index (χ4v) is 5.01. The molecule has 4 aromatic rings. The van der Waals surface area contributed by atoms with Crippen LogP contribution in [0.15, 0.2) is 60.7 Å². The van der Waals surface area contributed by atoms with Crippen LogP contribution in [-0.4, -0.2) is 67.3 Å². The number of carbonyl (C=O) groups excluding carboxylic acids is 2. The number of amides is 3. The van der Waals surface area contributed by atoms with E-state index in [1.165, 1.54) is 49.6 Å². The molecule has 0 spiro atoms. The van der Waals surface area contributed by atoms with Crippen LogP contribution in [0, 0.1) is 18.6 Å². The summed E-state index contributed by atoms with van der Waals surface area (Å²) in [4.78, 5) is 38.3. The first-order valence-corrected chi connectivity index (χ1v) is 14.3. The predicted molar refractivity (Wildman–Crippen MR) is 166 cm³/mol. The van der Waals surface area contributed by atoms with E-state index in [1.807, 2.05) is 19.0 Å². The first-order chi connectivity index (χ1) is 22.3. The molecule has 2 heterocycles. The Morgan fingerprint density at radius 1 is 1.02 bits per heavy atom. The van der Waals surface area contributed by atoms with Gasteiger partial charge in [-0.2, -0.15) is 18.2 Å². The molecule has 0 saturated heterocycles. The van der Waals surface area contributed by atoms with Crippen LogP contribution < -0.4 is 25.2 Å². The smallest absolute Gasteiger partial charge is 0.472 e. The van der Waals surface area contributed by atoms with Gasteiger partial charge in [-0.1, -0.05) is 12.1 Å². The highest BCUT2D eigenvalue weighted by atomic mass is 19.4. The van der Waals surface area contributed by atoms with Gasteiger partial charge >= 0.3 is 18.1 Å². The van der Waals surface area contributed by atoms with Crippen molar-refractivity contribution in [3.63, 3.8) is 0 Å². The lowest BCUT2D eigenvalue weighted by Gasteiger charge is -2.31. The number of hydrogen-bond donors (Lipinski definition) is 2. The third kappa shape index (κ3) is 6.79. The van der Waals surface area contributed by atoms with Gasteiger partial charge in [-0.05, 0) is 75.1 Å². The first kappa shape index (κ1) is 33.1. The fraction of sp³-hybridized carbons (Fsp3) is 0.250. The highest BCUT2D eigenvalue weighted by Gasteiger charge is 2.44. The standard InChI is InChI=1S/C32H30F5N7O3/c1-18-8-9-20(43(29(45)32(35,36)37)19-10-12-21(47-4)13-11-19)16-22(18)26-23-17-39-31(46)44(27-24(33)6-5-7-25(27)34)28(23)41-30(40-26)38-14-15-42(2)3/h5-13,16H,14-15,17H2,1-4H3,(H,39,46)(H,38,40,41). The Bertz CT molecular complexity index is 1800. The summed E-state index contributed by atoms with van der Waals surface area (Å²) in [6.45, 7) is 2.41. The molecule has 3 aromatic carbocycles. The SMILES string of the molecule is COc1ccc(N(C(=O)C(F)(F)F)c2ccc(C)c(-c3nc(NCCN(C)C)nc4c3CNC(=O)N4c3c(F)cccc3F)c2)cc1. The maximum Gasteiger partial charge on any atom is 0.472 e. The van der Waals surface area contributed by atoms with Gasteiger partial charge in [0.15, 0.2) is 5.82 Å². The number of urea groups is 1. The second-order valence-electron chi connectivity index (χ2n) is 10.8. The number of ether oxygens (including phenoxy) is 1. The minimum Gasteiger partial charge on any atom is -0.497 e. The van der Waals surface area contributed by atoms with Gasteiger partial charge in [0.05, 0.1) is 19.3 Å². The van der Waals surface area contributed by atoms with Crippen LogP contribution in [-0.2, 0) is 11.3 Å².